The second-order valence-corrected chi connectivity index (χ2v) is 2.26. The molecule has 0 aromatic carbocycles. The van der Waals surface area contributed by atoms with Crippen LogP contribution < -0.4 is 0 Å². The summed E-state index contributed by atoms with van der Waals surface area (Å²) in [4.78, 5) is 0. The van der Waals surface area contributed by atoms with Gasteiger partial charge in [-0.1, -0.05) is 5.92 Å². The van der Waals surface area contributed by atoms with Crippen molar-refractivity contribution in [1.29, 1.82) is 0 Å². The molecular weight excluding hydrogens is 72.1 g/mol. The predicted molar refractivity (Wildman–Crippen MR) is 24.1 cm³/mol. The molecular formula is C6H6. The normalized spacial score (nSPS) is 30.7. The molecule has 0 atom stereocenters. The standard InChI is InChI=1S/C6H6/c1-2-6(3-1)4-5-6/h2,4-5H2. The van der Waals surface area contributed by atoms with Crippen LogP contribution in [0.15, 0.2) is 0 Å². The lowest BCUT2D eigenvalue weighted by molar-refractivity contribution is 0.669. The average molecular weight is 78.1 g/mol. The Morgan fingerprint density at radius 2 is 2.00 bits per heavy atom. The molecule has 1 spiro atoms. The number of hydrogen-bond donors (Lipinski definition) is 0. The van der Waals surface area contributed by atoms with Crippen molar-refractivity contribution >= 4 is 0 Å². The highest BCUT2D eigenvalue weighted by Gasteiger charge is 2.43. The largest absolute Gasteiger partial charge is 0.101 e. The van der Waals surface area contributed by atoms with Gasteiger partial charge in [0.15, 0.2) is 0 Å². The summed E-state index contributed by atoms with van der Waals surface area (Å²) in [5.41, 5.74) is 0.611. The highest BCUT2D eigenvalue weighted by molar-refractivity contribution is 5.31. The first-order valence-corrected chi connectivity index (χ1v) is 2.41. The molecule has 0 aliphatic heterocycles. The summed E-state index contributed by atoms with van der Waals surface area (Å²) in [6.45, 7) is 0. The van der Waals surface area contributed by atoms with Crippen LogP contribution in [0.1, 0.15) is 19.3 Å². The van der Waals surface area contributed by atoms with Gasteiger partial charge in [0.05, 0.1) is 0 Å². The smallest absolute Gasteiger partial charge is 0.0424 e. The first-order valence-electron chi connectivity index (χ1n) is 2.41. The van der Waals surface area contributed by atoms with Gasteiger partial charge in [-0.15, -0.1) is 5.92 Å². The molecule has 2 rings (SSSR count). The van der Waals surface area contributed by atoms with Crippen LogP contribution in [0.5, 0.6) is 0 Å². The maximum atomic E-state index is 3.15. The summed E-state index contributed by atoms with van der Waals surface area (Å²) in [7, 11) is 0. The van der Waals surface area contributed by atoms with Crippen molar-refractivity contribution < 1.29 is 0 Å². The minimum absolute atomic E-state index is 0.611. The van der Waals surface area contributed by atoms with E-state index in [1.807, 2.05) is 0 Å². The zero-order valence-corrected chi connectivity index (χ0v) is 3.62. The molecule has 1 fully saturated rings. The molecule has 1 saturated carbocycles. The van der Waals surface area contributed by atoms with Gasteiger partial charge in [-0.3, -0.25) is 0 Å². The van der Waals surface area contributed by atoms with Gasteiger partial charge in [-0.2, -0.15) is 0 Å². The Morgan fingerprint density at radius 3 is 2.00 bits per heavy atom. The van der Waals surface area contributed by atoms with Crippen molar-refractivity contribution in [3.8, 4) is 11.8 Å². The Hall–Kier alpha value is -0.440. The van der Waals surface area contributed by atoms with Crippen LogP contribution in [0.2, 0.25) is 0 Å². The van der Waals surface area contributed by atoms with E-state index in [-0.39, 0.29) is 0 Å². The van der Waals surface area contributed by atoms with Gasteiger partial charge in [0.2, 0.25) is 0 Å². The maximum Gasteiger partial charge on any atom is 0.0424 e. The molecule has 0 heteroatoms. The van der Waals surface area contributed by atoms with Crippen LogP contribution in [0.3, 0.4) is 0 Å². The molecule has 0 heterocycles. The van der Waals surface area contributed by atoms with Crippen LogP contribution in [0, 0.1) is 17.3 Å². The monoisotopic (exact) mass is 78.0 g/mol. The number of rotatable bonds is 0. The minimum Gasteiger partial charge on any atom is -0.101 e. The molecule has 0 aromatic rings. The molecule has 0 unspecified atom stereocenters. The van der Waals surface area contributed by atoms with Gasteiger partial charge in [-0.05, 0) is 12.8 Å². The van der Waals surface area contributed by atoms with E-state index in [0.717, 1.165) is 0 Å². The Morgan fingerprint density at radius 1 is 1.33 bits per heavy atom. The molecule has 0 amide bonds. The molecule has 0 radical (unpaired) electrons. The SMILES string of the molecule is C1#CC2(C1)CC2. The third kappa shape index (κ3) is 0.148. The van der Waals surface area contributed by atoms with Crippen LogP contribution in [-0.2, 0) is 0 Å². The Balaban J connectivity index is 2.40. The molecule has 0 bridgehead atoms. The molecule has 0 nitrogen and oxygen atoms in total. The number of hydrogen-bond acceptors (Lipinski definition) is 0. The summed E-state index contributed by atoms with van der Waals surface area (Å²) in [6.07, 6.45) is 3.98. The molecule has 0 aromatic heterocycles. The summed E-state index contributed by atoms with van der Waals surface area (Å²) in [5, 5.41) is 0. The van der Waals surface area contributed by atoms with Crippen LogP contribution in [-0.4, -0.2) is 0 Å². The lowest BCUT2D eigenvalue weighted by Gasteiger charge is -2.06. The summed E-state index contributed by atoms with van der Waals surface area (Å²) >= 11 is 0. The Kier molecular flexibility index (Phi) is 0.232. The van der Waals surface area contributed by atoms with Crippen LogP contribution in [0.25, 0.3) is 0 Å². The second kappa shape index (κ2) is 0.518. The van der Waals surface area contributed by atoms with E-state index in [1.165, 1.54) is 19.3 Å². The average Bonchev–Trinajstić information content (AvgIpc) is 2.02. The first kappa shape index (κ1) is 2.69. The highest BCUT2D eigenvalue weighted by Crippen LogP contribution is 2.51. The van der Waals surface area contributed by atoms with Crippen molar-refractivity contribution in [2.45, 2.75) is 19.3 Å². The molecule has 6 heavy (non-hydrogen) atoms. The van der Waals surface area contributed by atoms with Gasteiger partial charge in [0, 0.05) is 11.8 Å². The van der Waals surface area contributed by atoms with Crippen molar-refractivity contribution in [1.82, 2.24) is 0 Å². The van der Waals surface area contributed by atoms with E-state index in [0.29, 0.717) is 5.41 Å². The van der Waals surface area contributed by atoms with E-state index in [4.69, 9.17) is 0 Å². The first-order chi connectivity index (χ1) is 2.91. The second-order valence-electron chi connectivity index (χ2n) is 2.26. The molecule has 0 N–H and O–H groups in total. The quantitative estimate of drug-likeness (QED) is 0.381. The molecule has 0 saturated heterocycles. The molecule has 2 aliphatic rings. The van der Waals surface area contributed by atoms with E-state index >= 15 is 0 Å². The lowest BCUT2D eigenvalue weighted by Crippen LogP contribution is -2.01. The van der Waals surface area contributed by atoms with Gasteiger partial charge < -0.3 is 0 Å². The van der Waals surface area contributed by atoms with Gasteiger partial charge in [0.25, 0.3) is 0 Å². The zero-order valence-electron chi connectivity index (χ0n) is 3.62. The van der Waals surface area contributed by atoms with Crippen molar-refractivity contribution in [2.75, 3.05) is 0 Å². The van der Waals surface area contributed by atoms with Crippen molar-refractivity contribution in [3.05, 3.63) is 0 Å². The fourth-order valence-corrected chi connectivity index (χ4v) is 0.791. The predicted octanol–water partition coefficient (Wildman–Crippen LogP) is 1.17. The maximum absolute atomic E-state index is 3.15. The Bertz CT molecular complexity index is 130. The van der Waals surface area contributed by atoms with Gasteiger partial charge in [-0.25, -0.2) is 0 Å². The van der Waals surface area contributed by atoms with E-state index in [2.05, 4.69) is 11.8 Å². The van der Waals surface area contributed by atoms with E-state index < -0.39 is 0 Å². The third-order valence-electron chi connectivity index (χ3n) is 1.63. The lowest BCUT2D eigenvalue weighted by atomic mass is 9.96. The van der Waals surface area contributed by atoms with Gasteiger partial charge in [0.1, 0.15) is 0 Å². The zero-order chi connectivity index (χ0) is 4.04. The van der Waals surface area contributed by atoms with E-state index in [9.17, 15) is 0 Å². The fraction of sp³-hybridized carbons (Fsp3) is 0.667. The fourth-order valence-electron chi connectivity index (χ4n) is 0.791. The van der Waals surface area contributed by atoms with Crippen LogP contribution >= 0.6 is 0 Å². The minimum atomic E-state index is 0.611. The van der Waals surface area contributed by atoms with Gasteiger partial charge >= 0.3 is 0 Å². The Labute approximate surface area is 37.6 Å². The molecule has 2 aliphatic carbocycles. The highest BCUT2D eigenvalue weighted by atomic mass is 14.4. The summed E-state index contributed by atoms with van der Waals surface area (Å²) in [6, 6.07) is 0. The summed E-state index contributed by atoms with van der Waals surface area (Å²) < 4.78 is 0. The van der Waals surface area contributed by atoms with Crippen LogP contribution in [0.4, 0.5) is 0 Å². The molecule has 30 valence electrons. The van der Waals surface area contributed by atoms with E-state index in [1.54, 1.807) is 0 Å². The third-order valence-corrected chi connectivity index (χ3v) is 1.63. The van der Waals surface area contributed by atoms with Crippen molar-refractivity contribution in [2.24, 2.45) is 5.41 Å². The summed E-state index contributed by atoms with van der Waals surface area (Å²) in [5.74, 6) is 6.16. The van der Waals surface area contributed by atoms with Crippen molar-refractivity contribution in [3.63, 3.8) is 0 Å². The topological polar surface area (TPSA) is 0 Å².